The van der Waals surface area contributed by atoms with Crippen LogP contribution in [0.4, 0.5) is 11.4 Å². The number of nitrogens with zero attached hydrogens (tertiary/aromatic N) is 5. The molecular formula is C20H20N6O. The molecule has 1 amide bonds. The molecule has 1 N–H and O–H groups in total. The highest BCUT2D eigenvalue weighted by atomic mass is 16.1. The first kappa shape index (κ1) is 17.0. The number of nitrogens with one attached hydrogen (secondary N) is 1. The first-order valence-corrected chi connectivity index (χ1v) is 8.82. The lowest BCUT2D eigenvalue weighted by Gasteiger charge is -2.14. The van der Waals surface area contributed by atoms with Crippen molar-refractivity contribution in [2.45, 2.75) is 19.9 Å². The molecule has 1 aliphatic heterocycles. The molecule has 1 aromatic heterocycles. The number of amides is 1. The summed E-state index contributed by atoms with van der Waals surface area (Å²) in [5.41, 5.74) is 4.59. The van der Waals surface area contributed by atoms with E-state index in [1.165, 1.54) is 6.33 Å². The summed E-state index contributed by atoms with van der Waals surface area (Å²) >= 11 is 0. The van der Waals surface area contributed by atoms with E-state index in [0.717, 1.165) is 35.6 Å². The van der Waals surface area contributed by atoms with Crippen LogP contribution in [0.3, 0.4) is 0 Å². The zero-order valence-electron chi connectivity index (χ0n) is 15.0. The second-order valence-electron chi connectivity index (χ2n) is 6.50. The van der Waals surface area contributed by atoms with Gasteiger partial charge in [0.25, 0.3) is 5.91 Å². The summed E-state index contributed by atoms with van der Waals surface area (Å²) in [6, 6.07) is 15.2. The summed E-state index contributed by atoms with van der Waals surface area (Å²) < 4.78 is 1.75. The van der Waals surface area contributed by atoms with Gasteiger partial charge in [-0.3, -0.25) is 9.80 Å². The summed E-state index contributed by atoms with van der Waals surface area (Å²) in [7, 11) is 0. The lowest BCUT2D eigenvalue weighted by atomic mass is 10.1. The van der Waals surface area contributed by atoms with Crippen molar-refractivity contribution >= 4 is 23.0 Å². The number of carbonyl (C=O) groups excluding carboxylic acids is 1. The first-order chi connectivity index (χ1) is 13.2. The number of aromatic nitrogens is 3. The number of hydrogen-bond donors (Lipinski definition) is 1. The average molecular weight is 360 g/mol. The Labute approximate surface area is 157 Å². The largest absolute Gasteiger partial charge is 0.322 e. The Kier molecular flexibility index (Phi) is 4.65. The van der Waals surface area contributed by atoms with Crippen LogP contribution in [0.5, 0.6) is 0 Å². The van der Waals surface area contributed by atoms with Crippen molar-refractivity contribution in [1.29, 1.82) is 0 Å². The molecule has 2 heterocycles. The summed E-state index contributed by atoms with van der Waals surface area (Å²) in [4.78, 5) is 16.4. The second-order valence-corrected chi connectivity index (χ2v) is 6.50. The predicted octanol–water partition coefficient (Wildman–Crippen LogP) is 3.16. The van der Waals surface area contributed by atoms with E-state index >= 15 is 0 Å². The molecule has 0 unspecified atom stereocenters. The van der Waals surface area contributed by atoms with Crippen molar-refractivity contribution in [1.82, 2.24) is 14.8 Å². The highest BCUT2D eigenvalue weighted by Gasteiger charge is 2.13. The fourth-order valence-electron chi connectivity index (χ4n) is 2.94. The SMILES string of the molecule is CC1=NN(c2ccc(C(=O)Nc3ccc(Cn4cncn4)cc3)cc2)CC1. The summed E-state index contributed by atoms with van der Waals surface area (Å²) in [5, 5.41) is 13.4. The Bertz CT molecular complexity index is 945. The van der Waals surface area contributed by atoms with Crippen LogP contribution in [-0.2, 0) is 6.54 Å². The summed E-state index contributed by atoms with van der Waals surface area (Å²) in [6.07, 6.45) is 4.17. The Balaban J connectivity index is 1.38. The molecule has 3 aromatic rings. The molecule has 0 spiro atoms. The van der Waals surface area contributed by atoms with Crippen molar-refractivity contribution in [2.24, 2.45) is 5.10 Å². The van der Waals surface area contributed by atoms with Crippen molar-refractivity contribution in [2.75, 3.05) is 16.9 Å². The minimum atomic E-state index is -0.133. The smallest absolute Gasteiger partial charge is 0.255 e. The Morgan fingerprint density at radius 3 is 2.52 bits per heavy atom. The van der Waals surface area contributed by atoms with Gasteiger partial charge in [-0.2, -0.15) is 10.2 Å². The molecule has 0 radical (unpaired) electrons. The van der Waals surface area contributed by atoms with Crippen LogP contribution in [0.2, 0.25) is 0 Å². The van der Waals surface area contributed by atoms with Crippen LogP contribution < -0.4 is 10.3 Å². The van der Waals surface area contributed by atoms with E-state index in [0.29, 0.717) is 12.1 Å². The van der Waals surface area contributed by atoms with E-state index in [-0.39, 0.29) is 5.91 Å². The van der Waals surface area contributed by atoms with E-state index in [1.807, 2.05) is 60.5 Å². The topological polar surface area (TPSA) is 75.4 Å². The predicted molar refractivity (Wildman–Crippen MR) is 105 cm³/mol. The van der Waals surface area contributed by atoms with Gasteiger partial charge >= 0.3 is 0 Å². The van der Waals surface area contributed by atoms with Crippen molar-refractivity contribution in [3.05, 3.63) is 72.3 Å². The van der Waals surface area contributed by atoms with E-state index in [9.17, 15) is 4.79 Å². The molecule has 0 saturated heterocycles. The molecule has 27 heavy (non-hydrogen) atoms. The fourth-order valence-corrected chi connectivity index (χ4v) is 2.94. The number of rotatable bonds is 5. The van der Waals surface area contributed by atoms with Gasteiger partial charge in [-0.05, 0) is 48.9 Å². The van der Waals surface area contributed by atoms with Gasteiger partial charge in [0.2, 0.25) is 0 Å². The minimum absolute atomic E-state index is 0.133. The molecule has 136 valence electrons. The summed E-state index contributed by atoms with van der Waals surface area (Å²) in [5.74, 6) is -0.133. The van der Waals surface area contributed by atoms with Crippen LogP contribution in [-0.4, -0.2) is 32.9 Å². The maximum atomic E-state index is 12.5. The molecule has 7 nitrogen and oxygen atoms in total. The standard InChI is InChI=1S/C20H20N6O/c1-15-10-11-26(24-15)19-8-4-17(5-9-19)20(27)23-18-6-2-16(3-7-18)12-25-14-21-13-22-25/h2-9,13-14H,10-12H2,1H3,(H,23,27). The van der Waals surface area contributed by atoms with Crippen LogP contribution >= 0.6 is 0 Å². The maximum Gasteiger partial charge on any atom is 0.255 e. The van der Waals surface area contributed by atoms with E-state index < -0.39 is 0 Å². The molecule has 4 rings (SSSR count). The first-order valence-electron chi connectivity index (χ1n) is 8.82. The van der Waals surface area contributed by atoms with E-state index in [2.05, 4.69) is 20.5 Å². The third kappa shape index (κ3) is 4.03. The molecule has 2 aromatic carbocycles. The quantitative estimate of drug-likeness (QED) is 0.758. The lowest BCUT2D eigenvalue weighted by molar-refractivity contribution is 0.102. The zero-order chi connectivity index (χ0) is 18.6. The molecule has 0 saturated carbocycles. The molecule has 0 fully saturated rings. The average Bonchev–Trinajstić information content (AvgIpc) is 3.35. The van der Waals surface area contributed by atoms with Gasteiger partial charge in [-0.25, -0.2) is 9.67 Å². The lowest BCUT2D eigenvalue weighted by Crippen LogP contribution is -2.14. The molecule has 0 atom stereocenters. The van der Waals surface area contributed by atoms with Crippen molar-refractivity contribution < 1.29 is 4.79 Å². The van der Waals surface area contributed by atoms with E-state index in [4.69, 9.17) is 0 Å². The summed E-state index contributed by atoms with van der Waals surface area (Å²) in [6.45, 7) is 3.56. The molecular weight excluding hydrogens is 340 g/mol. The highest BCUT2D eigenvalue weighted by molar-refractivity contribution is 6.04. The fraction of sp³-hybridized carbons (Fsp3) is 0.200. The maximum absolute atomic E-state index is 12.5. The van der Waals surface area contributed by atoms with Gasteiger partial charge in [-0.1, -0.05) is 12.1 Å². The van der Waals surface area contributed by atoms with Crippen molar-refractivity contribution in [3.8, 4) is 0 Å². The number of anilines is 2. The van der Waals surface area contributed by atoms with E-state index in [1.54, 1.807) is 11.0 Å². The Morgan fingerprint density at radius 1 is 1.11 bits per heavy atom. The van der Waals surface area contributed by atoms with Gasteiger partial charge < -0.3 is 5.32 Å². The number of hydrogen-bond acceptors (Lipinski definition) is 5. The zero-order valence-corrected chi connectivity index (χ0v) is 15.0. The van der Waals surface area contributed by atoms with Crippen LogP contribution in [0, 0.1) is 0 Å². The Hall–Kier alpha value is -3.48. The number of carbonyl (C=O) groups is 1. The molecule has 0 aliphatic carbocycles. The number of benzene rings is 2. The second kappa shape index (κ2) is 7.41. The molecule has 0 bridgehead atoms. The molecule has 1 aliphatic rings. The minimum Gasteiger partial charge on any atom is -0.322 e. The monoisotopic (exact) mass is 360 g/mol. The van der Waals surface area contributed by atoms with Crippen LogP contribution in [0.1, 0.15) is 29.3 Å². The highest BCUT2D eigenvalue weighted by Crippen LogP contribution is 2.20. The third-order valence-corrected chi connectivity index (χ3v) is 4.43. The van der Waals surface area contributed by atoms with Gasteiger partial charge in [0, 0.05) is 29.9 Å². The number of hydrazone groups is 1. The van der Waals surface area contributed by atoms with Gasteiger partial charge in [0.15, 0.2) is 0 Å². The normalized spacial score (nSPS) is 13.5. The Morgan fingerprint density at radius 2 is 1.89 bits per heavy atom. The van der Waals surface area contributed by atoms with Crippen LogP contribution in [0.25, 0.3) is 0 Å². The van der Waals surface area contributed by atoms with Gasteiger partial charge in [-0.15, -0.1) is 0 Å². The molecule has 7 heteroatoms. The van der Waals surface area contributed by atoms with Crippen LogP contribution in [0.15, 0.2) is 66.3 Å². The van der Waals surface area contributed by atoms with Gasteiger partial charge in [0.1, 0.15) is 12.7 Å². The van der Waals surface area contributed by atoms with Crippen molar-refractivity contribution in [3.63, 3.8) is 0 Å². The van der Waals surface area contributed by atoms with Gasteiger partial charge in [0.05, 0.1) is 12.2 Å². The third-order valence-electron chi connectivity index (χ3n) is 4.43.